The minimum absolute atomic E-state index is 0.684. The average molecular weight is 240 g/mol. The third-order valence-corrected chi connectivity index (χ3v) is 2.97. The highest BCUT2D eigenvalue weighted by atomic mass is 14.7. The predicted octanol–water partition coefficient (Wildman–Crippen LogP) is 3.45. The second-order valence-corrected chi connectivity index (χ2v) is 5.17. The standard InChI is InChI=1S/C16H20N2/c1-12(2)8-13-4-3-5-14(9-13)10-15-11-18-7-6-16(15)17/h3-7,9,11-12H,8,10H2,1-2H3,(H2,17,18). The van der Waals surface area contributed by atoms with E-state index in [9.17, 15) is 0 Å². The monoisotopic (exact) mass is 240 g/mol. The molecule has 0 unspecified atom stereocenters. The summed E-state index contributed by atoms with van der Waals surface area (Å²) in [6, 6.07) is 10.6. The van der Waals surface area contributed by atoms with E-state index in [1.54, 1.807) is 6.20 Å². The van der Waals surface area contributed by atoms with Crippen LogP contribution in [0.4, 0.5) is 5.69 Å². The van der Waals surface area contributed by atoms with Crippen molar-refractivity contribution in [2.24, 2.45) is 5.92 Å². The fourth-order valence-electron chi connectivity index (χ4n) is 2.14. The molecule has 0 amide bonds. The van der Waals surface area contributed by atoms with Crippen molar-refractivity contribution in [2.75, 3.05) is 5.73 Å². The zero-order chi connectivity index (χ0) is 13.0. The van der Waals surface area contributed by atoms with Crippen molar-refractivity contribution in [1.29, 1.82) is 0 Å². The van der Waals surface area contributed by atoms with Crippen LogP contribution in [0.15, 0.2) is 42.7 Å². The van der Waals surface area contributed by atoms with Crippen LogP contribution in [0.25, 0.3) is 0 Å². The van der Waals surface area contributed by atoms with E-state index >= 15 is 0 Å². The Labute approximate surface area is 109 Å². The summed E-state index contributed by atoms with van der Waals surface area (Å²) in [5, 5.41) is 0. The lowest BCUT2D eigenvalue weighted by molar-refractivity contribution is 0.647. The van der Waals surface area contributed by atoms with Gasteiger partial charge in [-0.2, -0.15) is 0 Å². The van der Waals surface area contributed by atoms with E-state index in [1.165, 1.54) is 11.1 Å². The molecule has 1 aromatic heterocycles. The lowest BCUT2D eigenvalue weighted by Gasteiger charge is -2.08. The Bertz CT molecular complexity index is 518. The summed E-state index contributed by atoms with van der Waals surface area (Å²) >= 11 is 0. The molecule has 0 radical (unpaired) electrons. The molecule has 0 bridgehead atoms. The molecule has 0 spiro atoms. The normalized spacial score (nSPS) is 10.8. The molecule has 0 atom stereocenters. The molecule has 2 nitrogen and oxygen atoms in total. The van der Waals surface area contributed by atoms with E-state index in [-0.39, 0.29) is 0 Å². The van der Waals surface area contributed by atoms with E-state index in [4.69, 9.17) is 5.73 Å². The summed E-state index contributed by atoms with van der Waals surface area (Å²) in [7, 11) is 0. The van der Waals surface area contributed by atoms with Gasteiger partial charge < -0.3 is 5.73 Å². The number of nitrogens with zero attached hydrogens (tertiary/aromatic N) is 1. The highest BCUT2D eigenvalue weighted by Gasteiger charge is 2.03. The van der Waals surface area contributed by atoms with Crippen molar-refractivity contribution in [1.82, 2.24) is 4.98 Å². The molecule has 0 saturated carbocycles. The molecule has 0 aliphatic heterocycles. The van der Waals surface area contributed by atoms with Crippen molar-refractivity contribution in [3.05, 3.63) is 59.4 Å². The first kappa shape index (κ1) is 12.6. The van der Waals surface area contributed by atoms with Gasteiger partial charge in [0.1, 0.15) is 0 Å². The summed E-state index contributed by atoms with van der Waals surface area (Å²) < 4.78 is 0. The topological polar surface area (TPSA) is 38.9 Å². The Balaban J connectivity index is 2.17. The fourth-order valence-corrected chi connectivity index (χ4v) is 2.14. The minimum Gasteiger partial charge on any atom is -0.398 e. The summed E-state index contributed by atoms with van der Waals surface area (Å²) in [6.07, 6.45) is 5.56. The molecule has 2 aromatic rings. The van der Waals surface area contributed by atoms with Gasteiger partial charge in [0.25, 0.3) is 0 Å². The van der Waals surface area contributed by atoms with E-state index in [2.05, 4.69) is 43.1 Å². The Morgan fingerprint density at radius 2 is 1.94 bits per heavy atom. The smallest absolute Gasteiger partial charge is 0.0380 e. The molecule has 2 rings (SSSR count). The number of rotatable bonds is 4. The number of nitrogen functional groups attached to an aromatic ring is 1. The Morgan fingerprint density at radius 3 is 2.67 bits per heavy atom. The molecule has 1 heterocycles. The Kier molecular flexibility index (Phi) is 3.98. The van der Waals surface area contributed by atoms with Gasteiger partial charge in [0, 0.05) is 24.5 Å². The van der Waals surface area contributed by atoms with E-state index in [0.717, 1.165) is 24.1 Å². The number of anilines is 1. The zero-order valence-electron chi connectivity index (χ0n) is 11.1. The third-order valence-electron chi connectivity index (χ3n) is 2.97. The van der Waals surface area contributed by atoms with Crippen LogP contribution in [0.2, 0.25) is 0 Å². The highest BCUT2D eigenvalue weighted by Crippen LogP contribution is 2.17. The lowest BCUT2D eigenvalue weighted by Crippen LogP contribution is -1.98. The van der Waals surface area contributed by atoms with Gasteiger partial charge in [-0.15, -0.1) is 0 Å². The van der Waals surface area contributed by atoms with Crippen LogP contribution in [0, 0.1) is 5.92 Å². The van der Waals surface area contributed by atoms with Crippen molar-refractivity contribution < 1.29 is 0 Å². The quantitative estimate of drug-likeness (QED) is 0.889. The number of hydrogen-bond acceptors (Lipinski definition) is 2. The molecule has 0 aliphatic rings. The summed E-state index contributed by atoms with van der Waals surface area (Å²) in [5.41, 5.74) is 10.6. The van der Waals surface area contributed by atoms with Gasteiger partial charge in [-0.25, -0.2) is 0 Å². The molecule has 2 heteroatoms. The maximum atomic E-state index is 5.95. The molecule has 0 aliphatic carbocycles. The number of hydrogen-bond donors (Lipinski definition) is 1. The number of pyridine rings is 1. The molecule has 2 N–H and O–H groups in total. The van der Waals surface area contributed by atoms with E-state index in [0.29, 0.717) is 5.92 Å². The van der Waals surface area contributed by atoms with Crippen LogP contribution < -0.4 is 5.73 Å². The maximum Gasteiger partial charge on any atom is 0.0380 e. The maximum absolute atomic E-state index is 5.95. The van der Waals surface area contributed by atoms with Crippen LogP contribution in [0.1, 0.15) is 30.5 Å². The highest BCUT2D eigenvalue weighted by molar-refractivity contribution is 5.46. The van der Waals surface area contributed by atoms with Crippen molar-refractivity contribution >= 4 is 5.69 Å². The van der Waals surface area contributed by atoms with Crippen molar-refractivity contribution in [3.63, 3.8) is 0 Å². The predicted molar refractivity (Wildman–Crippen MR) is 76.4 cm³/mol. The number of nitrogens with two attached hydrogens (primary N) is 1. The van der Waals surface area contributed by atoms with Gasteiger partial charge in [0.05, 0.1) is 0 Å². The first-order valence-corrected chi connectivity index (χ1v) is 6.41. The van der Waals surface area contributed by atoms with Gasteiger partial charge in [-0.1, -0.05) is 38.1 Å². The lowest BCUT2D eigenvalue weighted by atomic mass is 9.98. The Morgan fingerprint density at radius 1 is 1.17 bits per heavy atom. The van der Waals surface area contributed by atoms with Gasteiger partial charge in [0.2, 0.25) is 0 Å². The van der Waals surface area contributed by atoms with Gasteiger partial charge in [0.15, 0.2) is 0 Å². The van der Waals surface area contributed by atoms with Gasteiger partial charge in [-0.05, 0) is 35.1 Å². The van der Waals surface area contributed by atoms with Crippen molar-refractivity contribution in [2.45, 2.75) is 26.7 Å². The van der Waals surface area contributed by atoms with Gasteiger partial charge >= 0.3 is 0 Å². The fraction of sp³-hybridized carbons (Fsp3) is 0.312. The minimum atomic E-state index is 0.684. The van der Waals surface area contributed by atoms with Crippen LogP contribution >= 0.6 is 0 Å². The second kappa shape index (κ2) is 5.67. The van der Waals surface area contributed by atoms with Crippen LogP contribution in [0.5, 0.6) is 0 Å². The van der Waals surface area contributed by atoms with Crippen LogP contribution in [0.3, 0.4) is 0 Å². The van der Waals surface area contributed by atoms with Crippen molar-refractivity contribution in [3.8, 4) is 0 Å². The first-order chi connectivity index (χ1) is 8.65. The molecule has 0 fully saturated rings. The zero-order valence-corrected chi connectivity index (χ0v) is 11.1. The molecule has 1 aromatic carbocycles. The molecule has 0 saturated heterocycles. The largest absolute Gasteiger partial charge is 0.398 e. The van der Waals surface area contributed by atoms with Crippen LogP contribution in [-0.4, -0.2) is 4.98 Å². The molecular weight excluding hydrogens is 220 g/mol. The van der Waals surface area contributed by atoms with E-state index < -0.39 is 0 Å². The van der Waals surface area contributed by atoms with Crippen LogP contribution in [-0.2, 0) is 12.8 Å². The average Bonchev–Trinajstić information content (AvgIpc) is 2.32. The Hall–Kier alpha value is -1.83. The summed E-state index contributed by atoms with van der Waals surface area (Å²) in [6.45, 7) is 4.48. The third kappa shape index (κ3) is 3.33. The van der Waals surface area contributed by atoms with E-state index in [1.807, 2.05) is 12.3 Å². The molecular formula is C16H20N2. The number of aromatic nitrogens is 1. The van der Waals surface area contributed by atoms with Gasteiger partial charge in [-0.3, -0.25) is 4.98 Å². The SMILES string of the molecule is CC(C)Cc1cccc(Cc2cnccc2N)c1. The second-order valence-electron chi connectivity index (χ2n) is 5.17. The summed E-state index contributed by atoms with van der Waals surface area (Å²) in [5.74, 6) is 0.684. The summed E-state index contributed by atoms with van der Waals surface area (Å²) in [4.78, 5) is 4.13. The number of benzene rings is 1. The molecule has 94 valence electrons. The first-order valence-electron chi connectivity index (χ1n) is 6.41. The molecule has 18 heavy (non-hydrogen) atoms.